The van der Waals surface area contributed by atoms with Crippen LogP contribution in [0.1, 0.15) is 22.3 Å². The number of thiophene rings is 1. The van der Waals surface area contributed by atoms with E-state index in [9.17, 15) is 0 Å². The van der Waals surface area contributed by atoms with Crippen molar-refractivity contribution in [2.24, 2.45) is 0 Å². The first-order valence-electron chi connectivity index (χ1n) is 19.1. The summed E-state index contributed by atoms with van der Waals surface area (Å²) in [4.78, 5) is 10.4. The van der Waals surface area contributed by atoms with E-state index in [4.69, 9.17) is 9.97 Å². The molecular formula is C53H34N2S. The highest BCUT2D eigenvalue weighted by molar-refractivity contribution is 7.25. The number of nitrogens with zero attached hydrogens (tertiary/aromatic N) is 2. The quantitative estimate of drug-likeness (QED) is 0.170. The van der Waals surface area contributed by atoms with Gasteiger partial charge >= 0.3 is 0 Å². The van der Waals surface area contributed by atoms with Crippen LogP contribution in [0, 0.1) is 0 Å². The lowest BCUT2D eigenvalue weighted by molar-refractivity contribution is 0.769. The molecule has 0 radical (unpaired) electrons. The predicted octanol–water partition coefficient (Wildman–Crippen LogP) is 13.9. The van der Waals surface area contributed by atoms with Crippen LogP contribution in [0.15, 0.2) is 206 Å². The molecule has 262 valence electrons. The Morgan fingerprint density at radius 2 is 0.893 bits per heavy atom. The number of hydrogen-bond donors (Lipinski definition) is 0. The second kappa shape index (κ2) is 13.1. The highest BCUT2D eigenvalue weighted by Gasteiger charge is 2.46. The van der Waals surface area contributed by atoms with E-state index >= 15 is 0 Å². The maximum absolute atomic E-state index is 5.21. The fraction of sp³-hybridized carbons (Fsp3) is 0.0189. The topological polar surface area (TPSA) is 25.8 Å². The molecule has 2 aromatic heterocycles. The van der Waals surface area contributed by atoms with E-state index in [0.717, 1.165) is 33.6 Å². The maximum atomic E-state index is 5.21. The summed E-state index contributed by atoms with van der Waals surface area (Å²) in [6, 6.07) is 74.6. The van der Waals surface area contributed by atoms with Crippen molar-refractivity contribution < 1.29 is 0 Å². The van der Waals surface area contributed by atoms with Crippen molar-refractivity contribution in [3.8, 4) is 56.2 Å². The molecule has 0 saturated carbocycles. The molecule has 0 amide bonds. The van der Waals surface area contributed by atoms with Gasteiger partial charge in [-0.2, -0.15) is 0 Å². The Bertz CT molecular complexity index is 3040. The predicted molar refractivity (Wildman–Crippen MR) is 234 cm³/mol. The molecule has 0 aliphatic heterocycles. The van der Waals surface area contributed by atoms with E-state index in [0.29, 0.717) is 5.82 Å². The molecule has 3 heteroatoms. The van der Waals surface area contributed by atoms with Gasteiger partial charge in [-0.05, 0) is 74.8 Å². The van der Waals surface area contributed by atoms with E-state index in [1.807, 2.05) is 29.5 Å². The molecule has 2 heterocycles. The monoisotopic (exact) mass is 730 g/mol. The zero-order valence-electron chi connectivity index (χ0n) is 30.4. The maximum Gasteiger partial charge on any atom is 0.160 e. The van der Waals surface area contributed by atoms with E-state index in [2.05, 4.69) is 188 Å². The average Bonchev–Trinajstić information content (AvgIpc) is 3.80. The summed E-state index contributed by atoms with van der Waals surface area (Å²) in [6.07, 6.45) is 0. The fourth-order valence-corrected chi connectivity index (χ4v) is 9.97. The SMILES string of the molecule is c1ccc(-c2nc(-c3cccc(-c4ccc5c(c4)C(c4ccccc4)(c4ccccc4)c4ccccc4-5)c3)cc(-c3ccc4c(c3)sc3ccccc34)n2)cc1. The van der Waals surface area contributed by atoms with Crippen LogP contribution in [0.3, 0.4) is 0 Å². The molecule has 2 nitrogen and oxygen atoms in total. The zero-order chi connectivity index (χ0) is 37.1. The summed E-state index contributed by atoms with van der Waals surface area (Å²) in [6.45, 7) is 0. The van der Waals surface area contributed by atoms with Gasteiger partial charge in [0.1, 0.15) is 0 Å². The molecule has 0 saturated heterocycles. The molecule has 8 aromatic carbocycles. The number of fused-ring (bicyclic) bond motifs is 6. The summed E-state index contributed by atoms with van der Waals surface area (Å²) in [5.74, 6) is 0.714. The van der Waals surface area contributed by atoms with Crippen molar-refractivity contribution in [2.75, 3.05) is 0 Å². The first-order valence-corrected chi connectivity index (χ1v) is 19.9. The second-order valence-electron chi connectivity index (χ2n) is 14.5. The molecular weight excluding hydrogens is 697 g/mol. The van der Waals surface area contributed by atoms with Gasteiger partial charge in [0.25, 0.3) is 0 Å². The van der Waals surface area contributed by atoms with Gasteiger partial charge in [0.05, 0.1) is 16.8 Å². The molecule has 0 spiro atoms. The van der Waals surface area contributed by atoms with Crippen molar-refractivity contribution in [1.82, 2.24) is 9.97 Å². The van der Waals surface area contributed by atoms with Gasteiger partial charge in [-0.25, -0.2) is 9.97 Å². The Balaban J connectivity index is 1.07. The first kappa shape index (κ1) is 32.5. The first-order chi connectivity index (χ1) is 27.7. The van der Waals surface area contributed by atoms with Crippen LogP contribution in [0.5, 0.6) is 0 Å². The Morgan fingerprint density at radius 1 is 0.339 bits per heavy atom. The van der Waals surface area contributed by atoms with Crippen LogP contribution in [0.2, 0.25) is 0 Å². The Labute approximate surface area is 330 Å². The van der Waals surface area contributed by atoms with Crippen LogP contribution in [-0.4, -0.2) is 9.97 Å². The lowest BCUT2D eigenvalue weighted by Gasteiger charge is -2.34. The Morgan fingerprint density at radius 3 is 1.66 bits per heavy atom. The molecule has 0 fully saturated rings. The summed E-state index contributed by atoms with van der Waals surface area (Å²) in [5, 5.41) is 2.57. The van der Waals surface area contributed by atoms with Crippen LogP contribution >= 0.6 is 11.3 Å². The minimum absolute atomic E-state index is 0.455. The average molecular weight is 731 g/mol. The largest absolute Gasteiger partial charge is 0.228 e. The van der Waals surface area contributed by atoms with Crippen LogP contribution < -0.4 is 0 Å². The van der Waals surface area contributed by atoms with Crippen LogP contribution in [0.4, 0.5) is 0 Å². The van der Waals surface area contributed by atoms with Crippen LogP contribution in [0.25, 0.3) is 76.3 Å². The third-order valence-corrected chi connectivity index (χ3v) is 12.5. The van der Waals surface area contributed by atoms with Gasteiger partial charge in [0, 0.05) is 36.9 Å². The Hall–Kier alpha value is -6.94. The van der Waals surface area contributed by atoms with Gasteiger partial charge in [0.15, 0.2) is 5.82 Å². The summed E-state index contributed by atoms with van der Waals surface area (Å²) >= 11 is 1.83. The van der Waals surface area contributed by atoms with Gasteiger partial charge in [-0.1, -0.05) is 176 Å². The lowest BCUT2D eigenvalue weighted by Crippen LogP contribution is -2.28. The van der Waals surface area contributed by atoms with E-state index < -0.39 is 5.41 Å². The zero-order valence-corrected chi connectivity index (χ0v) is 31.2. The van der Waals surface area contributed by atoms with E-state index in [1.54, 1.807) is 0 Å². The van der Waals surface area contributed by atoms with Gasteiger partial charge < -0.3 is 0 Å². The fourth-order valence-electron chi connectivity index (χ4n) is 8.83. The van der Waals surface area contributed by atoms with Gasteiger partial charge in [-0.3, -0.25) is 0 Å². The number of aromatic nitrogens is 2. The summed E-state index contributed by atoms with van der Waals surface area (Å²) < 4.78 is 2.55. The molecule has 0 bridgehead atoms. The molecule has 0 unspecified atom stereocenters. The molecule has 0 atom stereocenters. The van der Waals surface area contributed by atoms with Gasteiger partial charge in [0.2, 0.25) is 0 Å². The lowest BCUT2D eigenvalue weighted by atomic mass is 9.67. The third kappa shape index (κ3) is 5.16. The standard InChI is InChI=1S/C53H34N2S/c1-4-15-35(16-5-1)52-54-48(34-49(55-52)39-28-30-45-44-24-11-13-26-50(44)56-51(45)33-39)38-18-14-17-36(31-38)37-27-29-43-42-23-10-12-25-46(42)53(47(43)32-37,40-19-6-2-7-20-40)41-21-8-3-9-22-41/h1-34H. The Kier molecular flexibility index (Phi) is 7.61. The van der Waals surface area contributed by atoms with E-state index in [-0.39, 0.29) is 0 Å². The molecule has 10 aromatic rings. The second-order valence-corrected chi connectivity index (χ2v) is 15.6. The highest BCUT2D eigenvalue weighted by Crippen LogP contribution is 2.56. The smallest absolute Gasteiger partial charge is 0.160 e. The van der Waals surface area contributed by atoms with Crippen LogP contribution in [-0.2, 0) is 5.41 Å². The number of hydrogen-bond acceptors (Lipinski definition) is 3. The normalized spacial score (nSPS) is 12.8. The summed E-state index contributed by atoms with van der Waals surface area (Å²) in [5.41, 5.74) is 14.5. The molecule has 1 aliphatic rings. The summed E-state index contributed by atoms with van der Waals surface area (Å²) in [7, 11) is 0. The minimum atomic E-state index is -0.455. The molecule has 1 aliphatic carbocycles. The minimum Gasteiger partial charge on any atom is -0.228 e. The van der Waals surface area contributed by atoms with Crippen molar-refractivity contribution in [1.29, 1.82) is 0 Å². The van der Waals surface area contributed by atoms with Crippen molar-refractivity contribution >= 4 is 31.5 Å². The van der Waals surface area contributed by atoms with Crippen molar-refractivity contribution in [3.63, 3.8) is 0 Å². The molecule has 11 rings (SSSR count). The molecule has 0 N–H and O–H groups in total. The van der Waals surface area contributed by atoms with E-state index in [1.165, 1.54) is 59.1 Å². The van der Waals surface area contributed by atoms with Crippen molar-refractivity contribution in [3.05, 3.63) is 229 Å². The van der Waals surface area contributed by atoms with Gasteiger partial charge in [-0.15, -0.1) is 11.3 Å². The number of rotatable bonds is 6. The number of benzene rings is 8. The highest BCUT2D eigenvalue weighted by atomic mass is 32.1. The third-order valence-electron chi connectivity index (χ3n) is 11.4. The van der Waals surface area contributed by atoms with Crippen molar-refractivity contribution in [2.45, 2.75) is 5.41 Å². The molecule has 56 heavy (non-hydrogen) atoms.